The smallest absolute Gasteiger partial charge is 0.273 e. The van der Waals surface area contributed by atoms with E-state index in [0.717, 1.165) is 18.2 Å². The average Bonchev–Trinajstić information content (AvgIpc) is 2.45. The first-order chi connectivity index (χ1) is 9.69. The molecule has 0 aromatic heterocycles. The molecule has 0 amide bonds. The van der Waals surface area contributed by atoms with E-state index in [0.29, 0.717) is 6.42 Å². The van der Waals surface area contributed by atoms with Crippen molar-refractivity contribution in [3.63, 3.8) is 0 Å². The molecule has 0 aliphatic rings. The van der Waals surface area contributed by atoms with Gasteiger partial charge < -0.3 is 9.84 Å². The minimum absolute atomic E-state index is 0.131. The molecule has 1 rings (SSSR count). The maximum Gasteiger partial charge on any atom is 0.273 e. The summed E-state index contributed by atoms with van der Waals surface area (Å²) in [5, 5.41) is 20.0. The number of hydrogen-bond acceptors (Lipinski definition) is 6. The number of nitrogens with zero attached hydrogens (tertiary/aromatic N) is 1. The Morgan fingerprint density at radius 2 is 2.10 bits per heavy atom. The Kier molecular flexibility index (Phi) is 5.26. The number of non-ortho nitro benzene ring substituents is 1. The number of nitrogens with one attached hydrogen (secondary N) is 1. The van der Waals surface area contributed by atoms with Gasteiger partial charge in [0.25, 0.3) is 5.69 Å². The molecule has 0 fully saturated rings. The van der Waals surface area contributed by atoms with Crippen LogP contribution < -0.4 is 9.46 Å². The van der Waals surface area contributed by atoms with Gasteiger partial charge in [0.15, 0.2) is 0 Å². The van der Waals surface area contributed by atoms with E-state index in [1.54, 1.807) is 13.8 Å². The predicted octanol–water partition coefficient (Wildman–Crippen LogP) is 1.04. The summed E-state index contributed by atoms with van der Waals surface area (Å²) in [5.41, 5.74) is -1.29. The molecule has 1 aromatic rings. The first-order valence-corrected chi connectivity index (χ1v) is 7.64. The maximum atomic E-state index is 12.4. The molecule has 8 nitrogen and oxygen atoms in total. The van der Waals surface area contributed by atoms with Crippen LogP contribution in [0.5, 0.6) is 5.75 Å². The molecule has 0 radical (unpaired) electrons. The van der Waals surface area contributed by atoms with Crippen LogP contribution in [0.1, 0.15) is 20.3 Å². The average molecular weight is 318 g/mol. The highest BCUT2D eigenvalue weighted by molar-refractivity contribution is 7.89. The molecule has 0 aliphatic heterocycles. The number of ether oxygens (including phenoxy) is 1. The SMILES string of the molecule is CCC(C)(CO)NS(=O)(=O)c1ccc([N+](=O)[O-])cc1OC. The lowest BCUT2D eigenvalue weighted by Gasteiger charge is -2.27. The number of rotatable bonds is 7. The van der Waals surface area contributed by atoms with Gasteiger partial charge in [0.1, 0.15) is 10.6 Å². The zero-order valence-corrected chi connectivity index (χ0v) is 12.8. The van der Waals surface area contributed by atoms with E-state index in [4.69, 9.17) is 4.74 Å². The van der Waals surface area contributed by atoms with Crippen molar-refractivity contribution in [2.24, 2.45) is 0 Å². The van der Waals surface area contributed by atoms with E-state index >= 15 is 0 Å². The fourth-order valence-corrected chi connectivity index (χ4v) is 3.21. The Morgan fingerprint density at radius 1 is 1.48 bits per heavy atom. The second-order valence-electron chi connectivity index (χ2n) is 4.77. The van der Waals surface area contributed by atoms with Crippen molar-refractivity contribution in [3.05, 3.63) is 28.3 Å². The molecule has 9 heteroatoms. The summed E-state index contributed by atoms with van der Waals surface area (Å²) in [6.45, 7) is 2.91. The van der Waals surface area contributed by atoms with Crippen molar-refractivity contribution in [1.82, 2.24) is 4.72 Å². The third-order valence-electron chi connectivity index (χ3n) is 3.16. The van der Waals surface area contributed by atoms with Gasteiger partial charge in [0, 0.05) is 6.07 Å². The van der Waals surface area contributed by atoms with E-state index in [-0.39, 0.29) is 22.9 Å². The van der Waals surface area contributed by atoms with Crippen molar-refractivity contribution < 1.29 is 23.2 Å². The number of benzene rings is 1. The number of aliphatic hydroxyl groups excluding tert-OH is 1. The lowest BCUT2D eigenvalue weighted by atomic mass is 10.0. The molecule has 1 atom stereocenters. The normalized spacial score (nSPS) is 14.5. The van der Waals surface area contributed by atoms with Gasteiger partial charge in [-0.25, -0.2) is 13.1 Å². The van der Waals surface area contributed by atoms with Gasteiger partial charge in [-0.05, 0) is 19.4 Å². The Balaban J connectivity index is 3.29. The summed E-state index contributed by atoms with van der Waals surface area (Å²) in [4.78, 5) is 9.84. The van der Waals surface area contributed by atoms with E-state index in [1.807, 2.05) is 0 Å². The Bertz CT molecular complexity index is 625. The van der Waals surface area contributed by atoms with Crippen LogP contribution in [0.25, 0.3) is 0 Å². The van der Waals surface area contributed by atoms with Crippen molar-refractivity contribution >= 4 is 15.7 Å². The topological polar surface area (TPSA) is 119 Å². The van der Waals surface area contributed by atoms with Gasteiger partial charge in [-0.2, -0.15) is 0 Å². The number of aliphatic hydroxyl groups is 1. The molecule has 0 aliphatic carbocycles. The van der Waals surface area contributed by atoms with Crippen LogP contribution in [0, 0.1) is 10.1 Å². The molecule has 0 saturated carbocycles. The third-order valence-corrected chi connectivity index (χ3v) is 4.84. The van der Waals surface area contributed by atoms with Gasteiger partial charge in [-0.1, -0.05) is 6.92 Å². The zero-order chi connectivity index (χ0) is 16.3. The molecule has 0 spiro atoms. The molecule has 0 bridgehead atoms. The fourth-order valence-electron chi connectivity index (χ4n) is 1.59. The first kappa shape index (κ1) is 17.3. The van der Waals surface area contributed by atoms with Crippen LogP contribution in [-0.4, -0.2) is 37.7 Å². The molecular formula is C12H18N2O6S. The summed E-state index contributed by atoms with van der Waals surface area (Å²) < 4.78 is 32.0. The van der Waals surface area contributed by atoms with Gasteiger partial charge in [0.05, 0.1) is 30.2 Å². The molecular weight excluding hydrogens is 300 g/mol. The van der Waals surface area contributed by atoms with Gasteiger partial charge >= 0.3 is 0 Å². The molecule has 1 unspecified atom stereocenters. The fraction of sp³-hybridized carbons (Fsp3) is 0.500. The van der Waals surface area contributed by atoms with Crippen LogP contribution in [0.15, 0.2) is 23.1 Å². The number of nitro benzene ring substituents is 1. The minimum atomic E-state index is -3.98. The van der Waals surface area contributed by atoms with Crippen molar-refractivity contribution in [2.75, 3.05) is 13.7 Å². The lowest BCUT2D eigenvalue weighted by molar-refractivity contribution is -0.385. The molecule has 0 heterocycles. The van der Waals surface area contributed by atoms with Crippen LogP contribution in [0.2, 0.25) is 0 Å². The van der Waals surface area contributed by atoms with E-state index < -0.39 is 20.5 Å². The standard InChI is InChI=1S/C12H18N2O6S/c1-4-12(2,8-15)13-21(18,19)11-6-5-9(14(16)17)7-10(11)20-3/h5-7,13,15H,4,8H2,1-3H3. The monoisotopic (exact) mass is 318 g/mol. The molecule has 2 N–H and O–H groups in total. The summed E-state index contributed by atoms with van der Waals surface area (Å²) in [5.74, 6) is -0.131. The zero-order valence-electron chi connectivity index (χ0n) is 12.0. The second kappa shape index (κ2) is 6.37. The first-order valence-electron chi connectivity index (χ1n) is 6.16. The molecule has 21 heavy (non-hydrogen) atoms. The third kappa shape index (κ3) is 3.90. The number of methoxy groups -OCH3 is 1. The Morgan fingerprint density at radius 3 is 2.52 bits per heavy atom. The molecule has 1 aromatic carbocycles. The summed E-state index contributed by atoms with van der Waals surface area (Å²) in [6, 6.07) is 3.23. The van der Waals surface area contributed by atoms with Crippen LogP contribution >= 0.6 is 0 Å². The van der Waals surface area contributed by atoms with Crippen LogP contribution in [0.3, 0.4) is 0 Å². The van der Waals surface area contributed by atoms with Crippen molar-refractivity contribution in [1.29, 1.82) is 0 Å². The predicted molar refractivity (Wildman–Crippen MR) is 75.8 cm³/mol. The Hall–Kier alpha value is -1.71. The van der Waals surface area contributed by atoms with Gasteiger partial charge in [-0.15, -0.1) is 0 Å². The quantitative estimate of drug-likeness (QED) is 0.573. The van der Waals surface area contributed by atoms with Gasteiger partial charge in [-0.3, -0.25) is 10.1 Å². The van der Waals surface area contributed by atoms with E-state index in [2.05, 4.69) is 4.72 Å². The van der Waals surface area contributed by atoms with E-state index in [1.165, 1.54) is 7.11 Å². The summed E-state index contributed by atoms with van der Waals surface area (Å²) in [7, 11) is -2.76. The number of hydrogen-bond donors (Lipinski definition) is 2. The summed E-state index contributed by atoms with van der Waals surface area (Å²) in [6.07, 6.45) is 0.373. The van der Waals surface area contributed by atoms with Crippen molar-refractivity contribution in [2.45, 2.75) is 30.7 Å². The highest BCUT2D eigenvalue weighted by Crippen LogP contribution is 2.29. The highest BCUT2D eigenvalue weighted by atomic mass is 32.2. The highest BCUT2D eigenvalue weighted by Gasteiger charge is 2.31. The largest absolute Gasteiger partial charge is 0.495 e. The number of sulfonamides is 1. The minimum Gasteiger partial charge on any atom is -0.495 e. The van der Waals surface area contributed by atoms with Gasteiger partial charge in [0.2, 0.25) is 10.0 Å². The molecule has 118 valence electrons. The number of nitro groups is 1. The van der Waals surface area contributed by atoms with Crippen LogP contribution in [0.4, 0.5) is 5.69 Å². The molecule has 0 saturated heterocycles. The Labute approximate surface area is 122 Å². The lowest BCUT2D eigenvalue weighted by Crippen LogP contribution is -2.48. The summed E-state index contributed by atoms with van der Waals surface area (Å²) >= 11 is 0. The van der Waals surface area contributed by atoms with E-state index in [9.17, 15) is 23.6 Å². The maximum absolute atomic E-state index is 12.4. The van der Waals surface area contributed by atoms with Crippen molar-refractivity contribution in [3.8, 4) is 5.75 Å². The van der Waals surface area contributed by atoms with Crippen LogP contribution in [-0.2, 0) is 10.0 Å². The second-order valence-corrected chi connectivity index (χ2v) is 6.42.